The van der Waals surface area contributed by atoms with Crippen molar-refractivity contribution < 1.29 is 0 Å². The van der Waals surface area contributed by atoms with E-state index < -0.39 is 0 Å². The van der Waals surface area contributed by atoms with Crippen LogP contribution in [0.5, 0.6) is 0 Å². The molecule has 2 N–H and O–H groups in total. The molecule has 1 nitrogen and oxygen atoms in total. The van der Waals surface area contributed by atoms with Crippen molar-refractivity contribution in [1.29, 1.82) is 0 Å². The van der Waals surface area contributed by atoms with Gasteiger partial charge in [-0.1, -0.05) is 24.3 Å². The molecule has 0 bridgehead atoms. The van der Waals surface area contributed by atoms with Crippen LogP contribution in [0.1, 0.15) is 27.8 Å². The highest BCUT2D eigenvalue weighted by atomic mass is 14.5. The van der Waals surface area contributed by atoms with Crippen LogP contribution >= 0.6 is 0 Å². The van der Waals surface area contributed by atoms with Crippen molar-refractivity contribution in [3.8, 4) is 0 Å². The number of nitrogens with two attached hydrogens (primary N) is 1. The minimum absolute atomic E-state index is 0.837. The summed E-state index contributed by atoms with van der Waals surface area (Å²) in [4.78, 5) is 0. The van der Waals surface area contributed by atoms with Crippen molar-refractivity contribution in [3.63, 3.8) is 0 Å². The van der Waals surface area contributed by atoms with Crippen molar-refractivity contribution in [2.75, 3.05) is 5.73 Å². The molecule has 17 heavy (non-hydrogen) atoms. The predicted octanol–water partition coefficient (Wildman–Crippen LogP) is 3.78. The quantitative estimate of drug-likeness (QED) is 0.773. The Morgan fingerprint density at radius 2 is 1.59 bits per heavy atom. The lowest BCUT2D eigenvalue weighted by molar-refractivity contribution is 1.13. The van der Waals surface area contributed by atoms with Gasteiger partial charge in [0.05, 0.1) is 0 Å². The second-order valence-corrected chi connectivity index (χ2v) is 4.78. The molecule has 1 heteroatoms. The predicted molar refractivity (Wildman–Crippen MR) is 74.3 cm³/mol. The van der Waals surface area contributed by atoms with Gasteiger partial charge in [-0.3, -0.25) is 0 Å². The Morgan fingerprint density at radius 3 is 2.29 bits per heavy atom. The highest BCUT2D eigenvalue weighted by molar-refractivity contribution is 5.44. The second-order valence-electron chi connectivity index (χ2n) is 4.78. The second kappa shape index (κ2) is 4.62. The SMILES string of the molecule is Cc1cc(C)c(Cc2cccc(N)c2)cc1C. The molecule has 0 radical (unpaired) electrons. The summed E-state index contributed by atoms with van der Waals surface area (Å²) in [5.74, 6) is 0. The largest absolute Gasteiger partial charge is 0.399 e. The summed E-state index contributed by atoms with van der Waals surface area (Å²) >= 11 is 0. The fraction of sp³-hybridized carbons (Fsp3) is 0.250. The van der Waals surface area contributed by atoms with Crippen LogP contribution < -0.4 is 5.73 Å². The fourth-order valence-corrected chi connectivity index (χ4v) is 2.13. The van der Waals surface area contributed by atoms with Gasteiger partial charge >= 0.3 is 0 Å². The number of anilines is 1. The third-order valence-electron chi connectivity index (χ3n) is 3.30. The van der Waals surface area contributed by atoms with Gasteiger partial charge in [-0.15, -0.1) is 0 Å². The number of benzene rings is 2. The van der Waals surface area contributed by atoms with E-state index >= 15 is 0 Å². The molecule has 2 rings (SSSR count). The number of aryl methyl sites for hydroxylation is 3. The fourth-order valence-electron chi connectivity index (χ4n) is 2.13. The molecule has 0 aromatic heterocycles. The van der Waals surface area contributed by atoms with Crippen LogP contribution in [0.25, 0.3) is 0 Å². The first-order valence-electron chi connectivity index (χ1n) is 5.97. The standard InChI is InChI=1S/C16H19N/c1-11-7-13(3)15(8-12(11)2)9-14-5-4-6-16(17)10-14/h4-8,10H,9,17H2,1-3H3. The highest BCUT2D eigenvalue weighted by Crippen LogP contribution is 2.19. The average Bonchev–Trinajstić information content (AvgIpc) is 2.26. The maximum Gasteiger partial charge on any atom is 0.0316 e. The zero-order valence-corrected chi connectivity index (χ0v) is 10.7. The first-order valence-corrected chi connectivity index (χ1v) is 5.97. The number of rotatable bonds is 2. The van der Waals surface area contributed by atoms with Gasteiger partial charge in [0.1, 0.15) is 0 Å². The van der Waals surface area contributed by atoms with Gasteiger partial charge in [-0.2, -0.15) is 0 Å². The van der Waals surface area contributed by atoms with E-state index in [2.05, 4.69) is 45.0 Å². The molecule has 0 spiro atoms. The van der Waals surface area contributed by atoms with Gasteiger partial charge in [-0.05, 0) is 67.1 Å². The smallest absolute Gasteiger partial charge is 0.0316 e. The van der Waals surface area contributed by atoms with Crippen molar-refractivity contribution in [2.45, 2.75) is 27.2 Å². The van der Waals surface area contributed by atoms with Gasteiger partial charge in [-0.25, -0.2) is 0 Å². The molecular weight excluding hydrogens is 206 g/mol. The zero-order chi connectivity index (χ0) is 12.4. The average molecular weight is 225 g/mol. The molecule has 88 valence electrons. The van der Waals surface area contributed by atoms with Crippen LogP contribution in [-0.2, 0) is 6.42 Å². The van der Waals surface area contributed by atoms with E-state index in [0.29, 0.717) is 0 Å². The van der Waals surface area contributed by atoms with Crippen molar-refractivity contribution in [2.24, 2.45) is 0 Å². The molecule has 2 aromatic carbocycles. The molecule has 0 atom stereocenters. The Hall–Kier alpha value is -1.76. The summed E-state index contributed by atoms with van der Waals surface area (Å²) in [6.07, 6.45) is 0.956. The molecule has 2 aromatic rings. The van der Waals surface area contributed by atoms with Gasteiger partial charge in [0.25, 0.3) is 0 Å². The van der Waals surface area contributed by atoms with Gasteiger partial charge in [0.2, 0.25) is 0 Å². The molecule has 0 fully saturated rings. The molecule has 0 aliphatic heterocycles. The Morgan fingerprint density at radius 1 is 0.882 bits per heavy atom. The molecular formula is C16H19N. The van der Waals surface area contributed by atoms with Gasteiger partial charge in [0.15, 0.2) is 0 Å². The summed E-state index contributed by atoms with van der Waals surface area (Å²) in [7, 11) is 0. The Kier molecular flexibility index (Phi) is 3.19. The zero-order valence-electron chi connectivity index (χ0n) is 10.7. The van der Waals surface area contributed by atoms with E-state index in [4.69, 9.17) is 5.73 Å². The maximum atomic E-state index is 5.80. The molecule has 0 amide bonds. The van der Waals surface area contributed by atoms with Crippen molar-refractivity contribution in [1.82, 2.24) is 0 Å². The van der Waals surface area contributed by atoms with Crippen molar-refractivity contribution in [3.05, 3.63) is 64.2 Å². The molecule has 0 aliphatic carbocycles. The lowest BCUT2D eigenvalue weighted by Gasteiger charge is -2.10. The minimum Gasteiger partial charge on any atom is -0.399 e. The van der Waals surface area contributed by atoms with Crippen LogP contribution in [0.4, 0.5) is 5.69 Å². The van der Waals surface area contributed by atoms with E-state index in [9.17, 15) is 0 Å². The van der Waals surface area contributed by atoms with Crippen LogP contribution in [0.15, 0.2) is 36.4 Å². The van der Waals surface area contributed by atoms with E-state index in [1.54, 1.807) is 0 Å². The summed E-state index contributed by atoms with van der Waals surface area (Å²) in [6.45, 7) is 6.50. The number of hydrogen-bond donors (Lipinski definition) is 1. The summed E-state index contributed by atoms with van der Waals surface area (Å²) in [6, 6.07) is 12.7. The maximum absolute atomic E-state index is 5.80. The highest BCUT2D eigenvalue weighted by Gasteiger charge is 2.03. The summed E-state index contributed by atoms with van der Waals surface area (Å²) in [5.41, 5.74) is 13.4. The third-order valence-corrected chi connectivity index (χ3v) is 3.30. The molecule has 0 saturated heterocycles. The lowest BCUT2D eigenvalue weighted by Crippen LogP contribution is -1.96. The first kappa shape index (κ1) is 11.7. The van der Waals surface area contributed by atoms with Crippen LogP contribution in [-0.4, -0.2) is 0 Å². The van der Waals surface area contributed by atoms with E-state index in [-0.39, 0.29) is 0 Å². The van der Waals surface area contributed by atoms with Gasteiger partial charge in [0, 0.05) is 5.69 Å². The van der Waals surface area contributed by atoms with E-state index in [0.717, 1.165) is 12.1 Å². The molecule has 0 unspecified atom stereocenters. The van der Waals surface area contributed by atoms with Crippen LogP contribution in [0.2, 0.25) is 0 Å². The molecule has 0 aliphatic rings. The van der Waals surface area contributed by atoms with Gasteiger partial charge < -0.3 is 5.73 Å². The monoisotopic (exact) mass is 225 g/mol. The Balaban J connectivity index is 2.33. The summed E-state index contributed by atoms with van der Waals surface area (Å²) < 4.78 is 0. The van der Waals surface area contributed by atoms with Crippen LogP contribution in [0.3, 0.4) is 0 Å². The van der Waals surface area contributed by atoms with E-state index in [1.807, 2.05) is 12.1 Å². The summed E-state index contributed by atoms with van der Waals surface area (Å²) in [5, 5.41) is 0. The Bertz CT molecular complexity index is 541. The third kappa shape index (κ3) is 2.68. The Labute approximate surface area is 103 Å². The molecule has 0 heterocycles. The molecule has 0 saturated carbocycles. The first-order chi connectivity index (χ1) is 8.06. The lowest BCUT2D eigenvalue weighted by atomic mass is 9.96. The number of nitrogen functional groups attached to an aromatic ring is 1. The normalized spacial score (nSPS) is 10.5. The van der Waals surface area contributed by atoms with E-state index in [1.165, 1.54) is 27.8 Å². The van der Waals surface area contributed by atoms with Crippen molar-refractivity contribution >= 4 is 5.69 Å². The number of hydrogen-bond acceptors (Lipinski definition) is 1. The topological polar surface area (TPSA) is 26.0 Å². The van der Waals surface area contributed by atoms with Crippen LogP contribution in [0, 0.1) is 20.8 Å². The minimum atomic E-state index is 0.837.